The van der Waals surface area contributed by atoms with Crippen LogP contribution in [0.1, 0.15) is 31.0 Å². The molecule has 0 saturated carbocycles. The van der Waals surface area contributed by atoms with Gasteiger partial charge in [0.25, 0.3) is 0 Å². The first-order valence-corrected chi connectivity index (χ1v) is 14.2. The lowest BCUT2D eigenvalue weighted by Crippen LogP contribution is -2.24. The molecule has 0 amide bonds. The van der Waals surface area contributed by atoms with Crippen LogP contribution < -0.4 is 9.46 Å². The molecule has 2 atom stereocenters. The molecular weight excluding hydrogens is 496 g/mol. The second kappa shape index (κ2) is 10.2. The Kier molecular flexibility index (Phi) is 6.95. The van der Waals surface area contributed by atoms with Crippen molar-refractivity contribution in [2.24, 2.45) is 5.92 Å². The van der Waals surface area contributed by atoms with E-state index in [4.69, 9.17) is 19.3 Å². The Hall–Kier alpha value is -3.38. The molecule has 1 N–H and O–H groups in total. The van der Waals surface area contributed by atoms with Crippen LogP contribution in [-0.4, -0.2) is 65.6 Å². The van der Waals surface area contributed by atoms with Gasteiger partial charge in [-0.25, -0.2) is 18.1 Å². The average Bonchev–Trinajstić information content (AvgIpc) is 3.34. The molecule has 11 nitrogen and oxygen atoms in total. The van der Waals surface area contributed by atoms with Crippen molar-refractivity contribution in [3.05, 3.63) is 48.3 Å². The van der Waals surface area contributed by atoms with Crippen molar-refractivity contribution >= 4 is 15.7 Å². The number of aromatic nitrogens is 5. The van der Waals surface area contributed by atoms with Crippen molar-refractivity contribution in [3.8, 4) is 22.8 Å². The second-order valence-electron chi connectivity index (χ2n) is 9.65. The summed E-state index contributed by atoms with van der Waals surface area (Å²) in [6.07, 6.45) is 9.92. The molecular formula is C25H32N6O5S. The lowest BCUT2D eigenvalue weighted by atomic mass is 9.95. The number of hydrogen-bond acceptors (Lipinski definition) is 8. The van der Waals surface area contributed by atoms with Gasteiger partial charge in [-0.05, 0) is 31.7 Å². The van der Waals surface area contributed by atoms with Crippen LogP contribution in [0.5, 0.6) is 5.88 Å². The van der Waals surface area contributed by atoms with Gasteiger partial charge in [0, 0.05) is 36.7 Å². The van der Waals surface area contributed by atoms with E-state index >= 15 is 0 Å². The smallest absolute Gasteiger partial charge is 0.238 e. The van der Waals surface area contributed by atoms with Crippen LogP contribution in [0.3, 0.4) is 0 Å². The van der Waals surface area contributed by atoms with Crippen molar-refractivity contribution in [1.82, 2.24) is 24.5 Å². The first kappa shape index (κ1) is 25.3. The summed E-state index contributed by atoms with van der Waals surface area (Å²) < 4.78 is 46.8. The molecule has 0 aliphatic carbocycles. The molecule has 1 unspecified atom stereocenters. The molecule has 3 aromatic rings. The summed E-state index contributed by atoms with van der Waals surface area (Å²) in [7, 11) is -2.09. The molecule has 0 bridgehead atoms. The fourth-order valence-corrected chi connectivity index (χ4v) is 5.68. The second-order valence-corrected chi connectivity index (χ2v) is 11.4. The molecule has 1 saturated heterocycles. The molecule has 198 valence electrons. The van der Waals surface area contributed by atoms with Crippen molar-refractivity contribution in [1.29, 1.82) is 0 Å². The Morgan fingerprint density at radius 3 is 2.84 bits per heavy atom. The average molecular weight is 529 g/mol. The monoisotopic (exact) mass is 528 g/mol. The van der Waals surface area contributed by atoms with Gasteiger partial charge >= 0.3 is 0 Å². The highest BCUT2D eigenvalue weighted by atomic mass is 32.2. The predicted octanol–water partition coefficient (Wildman–Crippen LogP) is 2.95. The number of sulfonamides is 1. The molecule has 1 fully saturated rings. The van der Waals surface area contributed by atoms with Gasteiger partial charge in [-0.3, -0.25) is 9.40 Å². The zero-order valence-corrected chi connectivity index (χ0v) is 22.1. The van der Waals surface area contributed by atoms with Crippen LogP contribution in [-0.2, 0) is 38.9 Å². The van der Waals surface area contributed by atoms with Gasteiger partial charge in [0.1, 0.15) is 5.69 Å². The number of rotatable bonds is 7. The number of anilines is 1. The van der Waals surface area contributed by atoms with Crippen molar-refractivity contribution in [2.45, 2.75) is 45.3 Å². The molecule has 5 rings (SSSR count). The van der Waals surface area contributed by atoms with Crippen LogP contribution >= 0.6 is 0 Å². The minimum Gasteiger partial charge on any atom is -0.496 e. The van der Waals surface area contributed by atoms with Crippen LogP contribution in [0.25, 0.3) is 16.9 Å². The van der Waals surface area contributed by atoms with Crippen molar-refractivity contribution in [2.75, 3.05) is 31.3 Å². The Balaban J connectivity index is 1.50. The van der Waals surface area contributed by atoms with Gasteiger partial charge in [0.15, 0.2) is 0 Å². The summed E-state index contributed by atoms with van der Waals surface area (Å²) in [5.74, 6) is 1.43. The van der Waals surface area contributed by atoms with Crippen LogP contribution in [0.2, 0.25) is 0 Å². The minimum atomic E-state index is -3.53. The van der Waals surface area contributed by atoms with E-state index in [-0.39, 0.29) is 17.7 Å². The summed E-state index contributed by atoms with van der Waals surface area (Å²) in [6.45, 7) is 8.03. The van der Waals surface area contributed by atoms with Crippen LogP contribution in [0.15, 0.2) is 37.0 Å². The fraction of sp³-hybridized carbons (Fsp3) is 0.480. The highest BCUT2D eigenvalue weighted by molar-refractivity contribution is 7.92. The predicted molar refractivity (Wildman–Crippen MR) is 138 cm³/mol. The fourth-order valence-electron chi connectivity index (χ4n) is 5.13. The third-order valence-electron chi connectivity index (χ3n) is 6.54. The first-order valence-electron chi connectivity index (χ1n) is 12.3. The summed E-state index contributed by atoms with van der Waals surface area (Å²) in [5, 5.41) is 9.60. The number of pyridine rings is 1. The van der Waals surface area contributed by atoms with Crippen LogP contribution in [0, 0.1) is 5.92 Å². The van der Waals surface area contributed by atoms with Crippen molar-refractivity contribution in [3.63, 3.8) is 0 Å². The molecule has 37 heavy (non-hydrogen) atoms. The lowest BCUT2D eigenvalue weighted by molar-refractivity contribution is 0.0548. The SMILES string of the molecule is C=C1CC(Cn2cc(-c3nn(-c4cnc(OC)c(NS(C)(=O)=O)c4)c4c3CCOCC4)cn2)C[C@H](C)O1. The summed E-state index contributed by atoms with van der Waals surface area (Å²) in [5.41, 5.74) is 4.74. The molecule has 3 aromatic heterocycles. The molecule has 12 heteroatoms. The number of methoxy groups -OCH3 is 1. The largest absolute Gasteiger partial charge is 0.496 e. The third-order valence-corrected chi connectivity index (χ3v) is 7.13. The Morgan fingerprint density at radius 1 is 1.27 bits per heavy atom. The number of hydrogen-bond donors (Lipinski definition) is 1. The molecule has 0 aromatic carbocycles. The maximum Gasteiger partial charge on any atom is 0.238 e. The Bertz CT molecular complexity index is 1410. The molecule has 5 heterocycles. The van der Waals surface area contributed by atoms with Gasteiger partial charge in [-0.2, -0.15) is 10.2 Å². The number of allylic oxidation sites excluding steroid dienone is 1. The number of ether oxygens (including phenoxy) is 3. The Labute approximate surface area is 216 Å². The van der Waals surface area contributed by atoms with Crippen molar-refractivity contribution < 1.29 is 22.6 Å². The highest BCUT2D eigenvalue weighted by Crippen LogP contribution is 2.33. The van der Waals surface area contributed by atoms with E-state index in [1.165, 1.54) is 7.11 Å². The van der Waals surface area contributed by atoms with Crippen LogP contribution in [0.4, 0.5) is 5.69 Å². The zero-order chi connectivity index (χ0) is 26.2. The molecule has 2 aliphatic heterocycles. The van der Waals surface area contributed by atoms with Gasteiger partial charge in [0.05, 0.1) is 67.9 Å². The van der Waals surface area contributed by atoms with E-state index < -0.39 is 10.0 Å². The van der Waals surface area contributed by atoms with Gasteiger partial charge in [0.2, 0.25) is 15.9 Å². The summed E-state index contributed by atoms with van der Waals surface area (Å²) in [4.78, 5) is 4.32. The van der Waals surface area contributed by atoms with E-state index in [0.717, 1.165) is 53.9 Å². The highest BCUT2D eigenvalue weighted by Gasteiger charge is 2.26. The topological polar surface area (TPSA) is 122 Å². The quantitative estimate of drug-likeness (QED) is 0.497. The van der Waals surface area contributed by atoms with E-state index in [2.05, 4.69) is 28.3 Å². The normalized spacial score (nSPS) is 20.1. The van der Waals surface area contributed by atoms with Gasteiger partial charge < -0.3 is 14.2 Å². The maximum absolute atomic E-state index is 11.9. The molecule has 2 aliphatic rings. The van der Waals surface area contributed by atoms with E-state index in [1.807, 2.05) is 21.8 Å². The number of nitrogens with one attached hydrogen (secondary N) is 1. The lowest BCUT2D eigenvalue weighted by Gasteiger charge is -2.29. The van der Waals surface area contributed by atoms with E-state index in [0.29, 0.717) is 37.7 Å². The molecule has 0 radical (unpaired) electrons. The van der Waals surface area contributed by atoms with Gasteiger partial charge in [-0.1, -0.05) is 6.58 Å². The van der Waals surface area contributed by atoms with E-state index in [9.17, 15) is 8.42 Å². The summed E-state index contributed by atoms with van der Waals surface area (Å²) >= 11 is 0. The standard InChI is InChI=1S/C25H32N6O5S/c1-16-9-18(10-17(2)36-16)14-30-15-19(12-27-30)24-21-5-7-35-8-6-23(21)31(28-24)20-11-22(29-37(4,32)33)25(34-3)26-13-20/h11-13,15,17-18,29H,1,5-10,14H2,2-4H3/t17-,18?/m0/s1. The third kappa shape index (κ3) is 5.64. The number of nitrogens with zero attached hydrogens (tertiary/aromatic N) is 5. The van der Waals surface area contributed by atoms with Gasteiger partial charge in [-0.15, -0.1) is 0 Å². The summed E-state index contributed by atoms with van der Waals surface area (Å²) in [6, 6.07) is 1.68. The van der Waals surface area contributed by atoms with E-state index in [1.54, 1.807) is 12.3 Å². The maximum atomic E-state index is 11.9. The zero-order valence-electron chi connectivity index (χ0n) is 21.3. The first-order chi connectivity index (χ1) is 17.7. The molecule has 0 spiro atoms. The Morgan fingerprint density at radius 2 is 2.08 bits per heavy atom. The minimum absolute atomic E-state index is 0.160. The number of fused-ring (bicyclic) bond motifs is 1.